The van der Waals surface area contributed by atoms with Crippen molar-refractivity contribution in [3.63, 3.8) is 0 Å². The van der Waals surface area contributed by atoms with E-state index in [4.69, 9.17) is 16.6 Å². The largest absolute Gasteiger partial charge is 0.480 e. The molecule has 0 aromatic heterocycles. The fourth-order valence-corrected chi connectivity index (χ4v) is 2.00. The number of carboxylic acids is 1. The van der Waals surface area contributed by atoms with E-state index in [9.17, 15) is 9.59 Å². The number of aliphatic imine (C=N–C) groups is 1. The molecule has 0 aliphatic carbocycles. The molecule has 1 rings (SSSR count). The summed E-state index contributed by atoms with van der Waals surface area (Å²) in [5, 5.41) is 11.4. The lowest BCUT2D eigenvalue weighted by Gasteiger charge is -2.15. The highest BCUT2D eigenvalue weighted by atomic mass is 16.4. The third-order valence-electron chi connectivity index (χ3n) is 3.25. The van der Waals surface area contributed by atoms with E-state index in [0.717, 1.165) is 6.42 Å². The SMILES string of the molecule is NC[C@@H]1CC=N[C@H]1C(=O)NCCCC[C@H](N)C(=O)O. The Labute approximate surface area is 112 Å². The van der Waals surface area contributed by atoms with Gasteiger partial charge < -0.3 is 21.9 Å². The van der Waals surface area contributed by atoms with Crippen LogP contribution in [0.2, 0.25) is 0 Å². The van der Waals surface area contributed by atoms with Crippen LogP contribution in [0.3, 0.4) is 0 Å². The van der Waals surface area contributed by atoms with Crippen molar-refractivity contribution in [1.82, 2.24) is 5.32 Å². The molecule has 1 heterocycles. The van der Waals surface area contributed by atoms with Crippen LogP contribution in [0.4, 0.5) is 0 Å². The summed E-state index contributed by atoms with van der Waals surface area (Å²) in [6.07, 6.45) is 4.28. The first-order chi connectivity index (χ1) is 9.06. The summed E-state index contributed by atoms with van der Waals surface area (Å²) in [6.45, 7) is 0.958. The Kier molecular flexibility index (Phi) is 6.44. The number of hydrogen-bond donors (Lipinski definition) is 4. The van der Waals surface area contributed by atoms with Crippen molar-refractivity contribution >= 4 is 18.1 Å². The first-order valence-electron chi connectivity index (χ1n) is 6.54. The molecule has 0 bridgehead atoms. The van der Waals surface area contributed by atoms with Crippen molar-refractivity contribution in [2.24, 2.45) is 22.4 Å². The number of nitrogens with two attached hydrogens (primary N) is 2. The van der Waals surface area contributed by atoms with Gasteiger partial charge in [0.25, 0.3) is 0 Å². The van der Waals surface area contributed by atoms with Gasteiger partial charge in [-0.25, -0.2) is 0 Å². The van der Waals surface area contributed by atoms with Crippen LogP contribution in [-0.2, 0) is 9.59 Å². The second kappa shape index (κ2) is 7.85. The fourth-order valence-electron chi connectivity index (χ4n) is 2.00. The molecule has 3 atom stereocenters. The summed E-state index contributed by atoms with van der Waals surface area (Å²) in [5.74, 6) is -0.998. The van der Waals surface area contributed by atoms with Gasteiger partial charge in [-0.15, -0.1) is 0 Å². The monoisotopic (exact) mass is 270 g/mol. The van der Waals surface area contributed by atoms with Crippen LogP contribution in [0, 0.1) is 5.92 Å². The number of amides is 1. The maximum atomic E-state index is 11.8. The highest BCUT2D eigenvalue weighted by Crippen LogP contribution is 2.16. The number of nitrogens with zero attached hydrogens (tertiary/aromatic N) is 1. The molecule has 0 saturated heterocycles. The van der Waals surface area contributed by atoms with E-state index in [2.05, 4.69) is 10.3 Å². The minimum Gasteiger partial charge on any atom is -0.480 e. The van der Waals surface area contributed by atoms with Crippen molar-refractivity contribution < 1.29 is 14.7 Å². The van der Waals surface area contributed by atoms with Crippen molar-refractivity contribution in [1.29, 1.82) is 0 Å². The predicted octanol–water partition coefficient (Wildman–Crippen LogP) is -0.897. The number of unbranched alkanes of at least 4 members (excludes halogenated alkanes) is 1. The molecule has 108 valence electrons. The zero-order chi connectivity index (χ0) is 14.3. The summed E-state index contributed by atoms with van der Waals surface area (Å²) in [4.78, 5) is 26.4. The normalized spacial score (nSPS) is 23.3. The van der Waals surface area contributed by atoms with Crippen LogP contribution in [0.5, 0.6) is 0 Å². The van der Waals surface area contributed by atoms with Gasteiger partial charge >= 0.3 is 5.97 Å². The maximum Gasteiger partial charge on any atom is 0.320 e. The summed E-state index contributed by atoms with van der Waals surface area (Å²) in [6, 6.07) is -1.19. The Bertz CT molecular complexity index is 346. The highest BCUT2D eigenvalue weighted by Gasteiger charge is 2.29. The Morgan fingerprint density at radius 2 is 2.21 bits per heavy atom. The molecule has 7 nitrogen and oxygen atoms in total. The Hall–Kier alpha value is -1.47. The van der Waals surface area contributed by atoms with Gasteiger partial charge in [0.2, 0.25) is 5.91 Å². The topological polar surface area (TPSA) is 131 Å². The number of carbonyl (C=O) groups excluding carboxylic acids is 1. The molecular formula is C12H22N4O3. The van der Waals surface area contributed by atoms with Crippen LogP contribution in [0.25, 0.3) is 0 Å². The van der Waals surface area contributed by atoms with E-state index < -0.39 is 12.0 Å². The van der Waals surface area contributed by atoms with Gasteiger partial charge in [-0.2, -0.15) is 0 Å². The van der Waals surface area contributed by atoms with Crippen molar-refractivity contribution in [2.45, 2.75) is 37.8 Å². The Balaban J connectivity index is 2.14. The number of nitrogens with one attached hydrogen (secondary N) is 1. The van der Waals surface area contributed by atoms with Gasteiger partial charge in [-0.3, -0.25) is 14.6 Å². The smallest absolute Gasteiger partial charge is 0.320 e. The van der Waals surface area contributed by atoms with Crippen LogP contribution in [0.15, 0.2) is 4.99 Å². The maximum absolute atomic E-state index is 11.8. The minimum absolute atomic E-state index is 0.0976. The van der Waals surface area contributed by atoms with Crippen LogP contribution < -0.4 is 16.8 Å². The third kappa shape index (κ3) is 4.96. The molecule has 1 aliphatic rings. The van der Waals surface area contributed by atoms with E-state index >= 15 is 0 Å². The molecule has 1 amide bonds. The first-order valence-corrected chi connectivity index (χ1v) is 6.54. The summed E-state index contributed by atoms with van der Waals surface area (Å²) in [7, 11) is 0. The number of hydrogen-bond acceptors (Lipinski definition) is 5. The number of aliphatic carboxylic acids is 1. The Morgan fingerprint density at radius 3 is 2.84 bits per heavy atom. The average molecular weight is 270 g/mol. The molecule has 19 heavy (non-hydrogen) atoms. The van der Waals surface area contributed by atoms with Crippen molar-refractivity contribution in [2.75, 3.05) is 13.1 Å². The molecule has 0 fully saturated rings. The molecule has 0 radical (unpaired) electrons. The minimum atomic E-state index is -0.991. The molecule has 0 spiro atoms. The van der Waals surface area contributed by atoms with Gasteiger partial charge in [-0.05, 0) is 32.2 Å². The van der Waals surface area contributed by atoms with Gasteiger partial charge in [-0.1, -0.05) is 0 Å². The summed E-state index contributed by atoms with van der Waals surface area (Å²) >= 11 is 0. The molecule has 1 aliphatic heterocycles. The van der Waals surface area contributed by atoms with E-state index in [1.807, 2.05) is 0 Å². The standard InChI is InChI=1S/C12H22N4O3/c13-7-8-4-6-15-10(8)11(17)16-5-2-1-3-9(14)12(18)19/h6,8-10H,1-5,7,13-14H2,(H,16,17)(H,18,19)/t8-,9-,10+/m0/s1. The summed E-state index contributed by atoms with van der Waals surface area (Å²) < 4.78 is 0. The molecular weight excluding hydrogens is 248 g/mol. The lowest BCUT2D eigenvalue weighted by Crippen LogP contribution is -2.39. The molecule has 0 unspecified atom stereocenters. The van der Waals surface area contributed by atoms with Crippen LogP contribution in [-0.4, -0.2) is 48.4 Å². The zero-order valence-corrected chi connectivity index (χ0v) is 10.9. The predicted molar refractivity (Wildman–Crippen MR) is 71.9 cm³/mol. The van der Waals surface area contributed by atoms with Gasteiger partial charge in [0.1, 0.15) is 12.1 Å². The molecule has 6 N–H and O–H groups in total. The molecule has 0 aromatic rings. The lowest BCUT2D eigenvalue weighted by molar-refractivity contribution is -0.138. The van der Waals surface area contributed by atoms with Crippen molar-refractivity contribution in [3.8, 4) is 0 Å². The molecule has 7 heteroatoms. The van der Waals surface area contributed by atoms with E-state index in [0.29, 0.717) is 32.4 Å². The Morgan fingerprint density at radius 1 is 1.47 bits per heavy atom. The van der Waals surface area contributed by atoms with E-state index in [1.54, 1.807) is 6.21 Å². The lowest BCUT2D eigenvalue weighted by atomic mass is 9.99. The molecule has 0 saturated carbocycles. The quantitative estimate of drug-likeness (QED) is 0.425. The number of carboxylic acid groups (broad SMARTS) is 1. The molecule has 0 aromatic carbocycles. The van der Waals surface area contributed by atoms with Crippen LogP contribution in [0.1, 0.15) is 25.7 Å². The number of rotatable bonds is 8. The van der Waals surface area contributed by atoms with Gasteiger partial charge in [0.05, 0.1) is 0 Å². The first kappa shape index (κ1) is 15.6. The van der Waals surface area contributed by atoms with Gasteiger partial charge in [0.15, 0.2) is 0 Å². The van der Waals surface area contributed by atoms with Gasteiger partial charge in [0, 0.05) is 18.7 Å². The van der Waals surface area contributed by atoms with Crippen molar-refractivity contribution in [3.05, 3.63) is 0 Å². The average Bonchev–Trinajstić information content (AvgIpc) is 2.85. The second-order valence-corrected chi connectivity index (χ2v) is 4.74. The summed E-state index contributed by atoms with van der Waals surface area (Å²) in [5.41, 5.74) is 10.9. The number of carbonyl (C=O) groups is 2. The highest BCUT2D eigenvalue weighted by molar-refractivity contribution is 5.85. The van der Waals surface area contributed by atoms with E-state index in [1.165, 1.54) is 0 Å². The van der Waals surface area contributed by atoms with E-state index in [-0.39, 0.29) is 17.9 Å². The second-order valence-electron chi connectivity index (χ2n) is 4.74. The zero-order valence-electron chi connectivity index (χ0n) is 10.9. The third-order valence-corrected chi connectivity index (χ3v) is 3.25. The fraction of sp³-hybridized carbons (Fsp3) is 0.750. The van der Waals surface area contributed by atoms with Crippen LogP contribution >= 0.6 is 0 Å².